The van der Waals surface area contributed by atoms with Crippen molar-refractivity contribution in [2.24, 2.45) is 0 Å². The van der Waals surface area contributed by atoms with E-state index in [9.17, 15) is 0 Å². The number of aryl methyl sites for hydroxylation is 2. The van der Waals surface area contributed by atoms with E-state index in [2.05, 4.69) is 34.2 Å². The Morgan fingerprint density at radius 3 is 2.81 bits per heavy atom. The molecule has 0 radical (unpaired) electrons. The first-order chi connectivity index (χ1) is 10.3. The summed E-state index contributed by atoms with van der Waals surface area (Å²) < 4.78 is 11.5. The maximum Gasteiger partial charge on any atom is 0.230 e. The molecule has 0 amide bonds. The molecule has 114 valence electrons. The Hall–Kier alpha value is -1.62. The van der Waals surface area contributed by atoms with Gasteiger partial charge in [0.25, 0.3) is 0 Å². The van der Waals surface area contributed by atoms with Crippen molar-refractivity contribution in [3.8, 4) is 0 Å². The highest BCUT2D eigenvalue weighted by molar-refractivity contribution is 5.11. The topological polar surface area (TPSA) is 55.3 Å². The quantitative estimate of drug-likeness (QED) is 0.860. The van der Waals surface area contributed by atoms with E-state index in [-0.39, 0.29) is 0 Å². The van der Waals surface area contributed by atoms with E-state index in [0.29, 0.717) is 24.4 Å². The summed E-state index contributed by atoms with van der Waals surface area (Å²) in [7, 11) is 0. The third-order valence-electron chi connectivity index (χ3n) is 4.13. The average molecular weight is 289 g/mol. The Morgan fingerprint density at radius 2 is 2.10 bits per heavy atom. The van der Waals surface area contributed by atoms with Crippen LogP contribution in [0.5, 0.6) is 0 Å². The fourth-order valence-corrected chi connectivity index (χ4v) is 3.02. The maximum absolute atomic E-state index is 5.99. The first-order valence-corrected chi connectivity index (χ1v) is 7.88. The highest BCUT2D eigenvalue weighted by atomic mass is 16.4. The first kappa shape index (κ1) is 14.3. The van der Waals surface area contributed by atoms with Crippen molar-refractivity contribution in [1.82, 2.24) is 15.1 Å². The molecule has 5 heteroatoms. The van der Waals surface area contributed by atoms with Crippen LogP contribution in [0.1, 0.15) is 62.0 Å². The summed E-state index contributed by atoms with van der Waals surface area (Å²) in [5, 5.41) is 8.05. The lowest BCUT2D eigenvalue weighted by molar-refractivity contribution is 0.153. The number of hydrogen-bond acceptors (Lipinski definition) is 5. The molecule has 1 atom stereocenters. The normalized spacial score (nSPS) is 20.6. The summed E-state index contributed by atoms with van der Waals surface area (Å²) >= 11 is 0. The number of likely N-dealkylation sites (tertiary alicyclic amines) is 1. The molecule has 0 bridgehead atoms. The second kappa shape index (κ2) is 6.43. The fourth-order valence-electron chi connectivity index (χ4n) is 3.02. The van der Waals surface area contributed by atoms with Gasteiger partial charge in [0.05, 0.1) is 12.6 Å². The van der Waals surface area contributed by atoms with Crippen LogP contribution in [0.4, 0.5) is 0 Å². The van der Waals surface area contributed by atoms with Crippen LogP contribution in [0, 0.1) is 6.92 Å². The van der Waals surface area contributed by atoms with Gasteiger partial charge in [-0.25, -0.2) is 0 Å². The van der Waals surface area contributed by atoms with Gasteiger partial charge in [-0.2, -0.15) is 0 Å². The van der Waals surface area contributed by atoms with Crippen molar-refractivity contribution in [2.75, 3.05) is 6.54 Å². The Morgan fingerprint density at radius 1 is 1.19 bits per heavy atom. The van der Waals surface area contributed by atoms with Gasteiger partial charge in [0.15, 0.2) is 0 Å². The minimum atomic E-state index is 0.319. The number of furan rings is 1. The molecule has 0 spiro atoms. The van der Waals surface area contributed by atoms with Gasteiger partial charge in [0, 0.05) is 13.3 Å². The monoisotopic (exact) mass is 289 g/mol. The number of aromatic nitrogens is 2. The summed E-state index contributed by atoms with van der Waals surface area (Å²) in [5.74, 6) is 3.46. The van der Waals surface area contributed by atoms with Crippen LogP contribution in [-0.4, -0.2) is 21.6 Å². The van der Waals surface area contributed by atoms with Crippen LogP contribution in [-0.2, 0) is 13.0 Å². The van der Waals surface area contributed by atoms with E-state index in [4.69, 9.17) is 8.83 Å². The molecule has 1 aliphatic heterocycles. The van der Waals surface area contributed by atoms with E-state index in [1.807, 2.05) is 6.92 Å². The molecule has 1 aliphatic rings. The van der Waals surface area contributed by atoms with Gasteiger partial charge in [0.2, 0.25) is 11.8 Å². The van der Waals surface area contributed by atoms with Gasteiger partial charge < -0.3 is 8.83 Å². The summed E-state index contributed by atoms with van der Waals surface area (Å²) in [6.07, 6.45) is 5.80. The lowest BCUT2D eigenvalue weighted by atomic mass is 10.1. The molecular formula is C16H23N3O2. The predicted octanol–water partition coefficient (Wildman–Crippen LogP) is 3.65. The molecule has 0 N–H and O–H groups in total. The Balaban J connectivity index is 1.79. The van der Waals surface area contributed by atoms with Crippen LogP contribution in [0.15, 0.2) is 21.0 Å². The Kier molecular flexibility index (Phi) is 4.39. The van der Waals surface area contributed by atoms with Crippen LogP contribution in [0.25, 0.3) is 0 Å². The zero-order valence-corrected chi connectivity index (χ0v) is 12.8. The second-order valence-corrected chi connectivity index (χ2v) is 5.71. The Bertz CT molecular complexity index is 576. The van der Waals surface area contributed by atoms with Crippen LogP contribution >= 0.6 is 0 Å². The Labute approximate surface area is 125 Å². The van der Waals surface area contributed by atoms with Crippen LogP contribution < -0.4 is 0 Å². The molecule has 1 unspecified atom stereocenters. The third kappa shape index (κ3) is 3.35. The highest BCUT2D eigenvalue weighted by Gasteiger charge is 2.26. The van der Waals surface area contributed by atoms with Crippen molar-refractivity contribution in [2.45, 2.75) is 58.5 Å². The van der Waals surface area contributed by atoms with Crippen molar-refractivity contribution >= 4 is 0 Å². The molecule has 3 rings (SSSR count). The lowest BCUT2D eigenvalue weighted by Crippen LogP contribution is -2.28. The van der Waals surface area contributed by atoms with Crippen molar-refractivity contribution in [3.05, 3.63) is 35.4 Å². The van der Waals surface area contributed by atoms with E-state index in [0.717, 1.165) is 30.9 Å². The molecular weight excluding hydrogens is 266 g/mol. The minimum Gasteiger partial charge on any atom is -0.464 e. The van der Waals surface area contributed by atoms with E-state index >= 15 is 0 Å². The van der Waals surface area contributed by atoms with E-state index < -0.39 is 0 Å². The van der Waals surface area contributed by atoms with Crippen molar-refractivity contribution in [1.29, 1.82) is 0 Å². The van der Waals surface area contributed by atoms with Gasteiger partial charge in [-0.1, -0.05) is 19.8 Å². The minimum absolute atomic E-state index is 0.319. The lowest BCUT2D eigenvalue weighted by Gasteiger charge is -2.26. The van der Waals surface area contributed by atoms with Crippen molar-refractivity contribution in [3.63, 3.8) is 0 Å². The van der Waals surface area contributed by atoms with E-state index in [1.165, 1.54) is 19.3 Å². The second-order valence-electron chi connectivity index (χ2n) is 5.71. The standard InChI is InChI=1S/C16H23N3O2/c1-3-13-8-9-15(21-13)14-7-5-4-6-10-19(14)11-16-18-17-12(2)20-16/h8-9,14H,3-7,10-11H2,1-2H3. The summed E-state index contributed by atoms with van der Waals surface area (Å²) in [4.78, 5) is 2.41. The zero-order valence-electron chi connectivity index (χ0n) is 12.8. The van der Waals surface area contributed by atoms with Gasteiger partial charge >= 0.3 is 0 Å². The van der Waals surface area contributed by atoms with Crippen LogP contribution in [0.2, 0.25) is 0 Å². The molecule has 0 aromatic carbocycles. The number of nitrogens with zero attached hydrogens (tertiary/aromatic N) is 3. The maximum atomic E-state index is 5.99. The largest absolute Gasteiger partial charge is 0.464 e. The molecule has 0 aliphatic carbocycles. The number of hydrogen-bond donors (Lipinski definition) is 0. The molecule has 3 heterocycles. The highest BCUT2D eigenvalue weighted by Crippen LogP contribution is 2.32. The SMILES string of the molecule is CCc1ccc(C2CCCCCN2Cc2nnc(C)o2)o1. The average Bonchev–Trinajstić information content (AvgIpc) is 3.05. The molecule has 2 aromatic heterocycles. The van der Waals surface area contributed by atoms with Gasteiger partial charge in [-0.05, 0) is 31.5 Å². The van der Waals surface area contributed by atoms with Crippen molar-refractivity contribution < 1.29 is 8.83 Å². The summed E-state index contributed by atoms with van der Waals surface area (Å²) in [6.45, 7) is 5.70. The molecule has 2 aromatic rings. The smallest absolute Gasteiger partial charge is 0.230 e. The van der Waals surface area contributed by atoms with Gasteiger partial charge in [-0.3, -0.25) is 4.90 Å². The molecule has 5 nitrogen and oxygen atoms in total. The fraction of sp³-hybridized carbons (Fsp3) is 0.625. The third-order valence-corrected chi connectivity index (χ3v) is 4.13. The summed E-state index contributed by atoms with van der Waals surface area (Å²) in [5.41, 5.74) is 0. The molecule has 1 fully saturated rings. The van der Waals surface area contributed by atoms with Crippen LogP contribution in [0.3, 0.4) is 0 Å². The van der Waals surface area contributed by atoms with E-state index in [1.54, 1.807) is 0 Å². The first-order valence-electron chi connectivity index (χ1n) is 7.88. The van der Waals surface area contributed by atoms with Gasteiger partial charge in [-0.15, -0.1) is 10.2 Å². The van der Waals surface area contributed by atoms with Gasteiger partial charge in [0.1, 0.15) is 11.5 Å². The number of rotatable bonds is 4. The zero-order chi connectivity index (χ0) is 14.7. The summed E-state index contributed by atoms with van der Waals surface area (Å²) in [6, 6.07) is 4.54. The molecule has 0 saturated carbocycles. The molecule has 1 saturated heterocycles. The molecule has 21 heavy (non-hydrogen) atoms. The predicted molar refractivity (Wildman–Crippen MR) is 78.7 cm³/mol.